The number of H-pyrrole nitrogens is 1. The van der Waals surface area contributed by atoms with Crippen LogP contribution in [0, 0.1) is 16.2 Å². The SMILES string of the molecule is CS(=O)(=O)c1n[nH]c2ccc([N+](=O)[O-])[c]c12. The maximum absolute atomic E-state index is 11.3. The summed E-state index contributed by atoms with van der Waals surface area (Å²) >= 11 is 0. The molecule has 0 unspecified atom stereocenters. The summed E-state index contributed by atoms with van der Waals surface area (Å²) in [5.41, 5.74) is 0.102. The predicted molar refractivity (Wildman–Crippen MR) is 54.7 cm³/mol. The van der Waals surface area contributed by atoms with Crippen LogP contribution in [0.25, 0.3) is 10.9 Å². The van der Waals surface area contributed by atoms with Crippen molar-refractivity contribution in [3.8, 4) is 0 Å². The van der Waals surface area contributed by atoms with E-state index in [0.29, 0.717) is 5.52 Å². The summed E-state index contributed by atoms with van der Waals surface area (Å²) in [4.78, 5) is 9.88. The second kappa shape index (κ2) is 3.27. The van der Waals surface area contributed by atoms with Crippen LogP contribution in [-0.2, 0) is 9.84 Å². The molecule has 16 heavy (non-hydrogen) atoms. The van der Waals surface area contributed by atoms with Crippen LogP contribution >= 0.6 is 0 Å². The van der Waals surface area contributed by atoms with Crippen LogP contribution in [0.15, 0.2) is 17.2 Å². The third-order valence-electron chi connectivity index (χ3n) is 1.97. The van der Waals surface area contributed by atoms with Crippen molar-refractivity contribution in [1.82, 2.24) is 10.2 Å². The van der Waals surface area contributed by atoms with Crippen LogP contribution in [0.4, 0.5) is 5.69 Å². The summed E-state index contributed by atoms with van der Waals surface area (Å²) in [6.45, 7) is 0. The third kappa shape index (κ3) is 1.63. The van der Waals surface area contributed by atoms with Gasteiger partial charge in [-0.15, -0.1) is 0 Å². The molecule has 0 spiro atoms. The van der Waals surface area contributed by atoms with Crippen LogP contribution < -0.4 is 0 Å². The van der Waals surface area contributed by atoms with E-state index in [4.69, 9.17) is 0 Å². The number of aromatic nitrogens is 2. The number of nitrogens with one attached hydrogen (secondary N) is 1. The number of rotatable bonds is 2. The van der Waals surface area contributed by atoms with Crippen molar-refractivity contribution in [2.75, 3.05) is 6.26 Å². The molecular weight excluding hydrogens is 234 g/mol. The molecule has 0 aliphatic rings. The monoisotopic (exact) mass is 240 g/mol. The molecule has 7 nitrogen and oxygen atoms in total. The Morgan fingerprint density at radius 3 is 2.75 bits per heavy atom. The fourth-order valence-corrected chi connectivity index (χ4v) is 2.03. The highest BCUT2D eigenvalue weighted by molar-refractivity contribution is 7.90. The zero-order valence-corrected chi connectivity index (χ0v) is 8.91. The molecule has 0 atom stereocenters. The number of hydrogen-bond donors (Lipinski definition) is 1. The highest BCUT2D eigenvalue weighted by Crippen LogP contribution is 2.23. The lowest BCUT2D eigenvalue weighted by Gasteiger charge is -1.93. The molecule has 1 N–H and O–H groups in total. The van der Waals surface area contributed by atoms with Crippen LogP contribution in [-0.4, -0.2) is 29.8 Å². The first-order chi connectivity index (χ1) is 7.39. The Kier molecular flexibility index (Phi) is 2.16. The number of sulfone groups is 1. The van der Waals surface area contributed by atoms with Crippen molar-refractivity contribution < 1.29 is 13.3 Å². The maximum atomic E-state index is 11.3. The van der Waals surface area contributed by atoms with Crippen LogP contribution in [0.3, 0.4) is 0 Å². The van der Waals surface area contributed by atoms with Crippen molar-refractivity contribution in [2.45, 2.75) is 5.03 Å². The molecule has 0 amide bonds. The molecule has 1 heterocycles. The largest absolute Gasteiger partial charge is 0.278 e. The van der Waals surface area contributed by atoms with Gasteiger partial charge in [-0.1, -0.05) is 0 Å². The molecule has 0 fully saturated rings. The first-order valence-electron chi connectivity index (χ1n) is 4.14. The average molecular weight is 240 g/mol. The zero-order chi connectivity index (χ0) is 11.9. The highest BCUT2D eigenvalue weighted by atomic mass is 32.2. The second-order valence-corrected chi connectivity index (χ2v) is 5.12. The summed E-state index contributed by atoms with van der Waals surface area (Å²) in [5, 5.41) is 16.5. The van der Waals surface area contributed by atoms with Gasteiger partial charge in [0.2, 0.25) is 0 Å². The van der Waals surface area contributed by atoms with E-state index >= 15 is 0 Å². The van der Waals surface area contributed by atoms with Gasteiger partial charge in [0.05, 0.1) is 21.9 Å². The Morgan fingerprint density at radius 2 is 2.19 bits per heavy atom. The van der Waals surface area contributed by atoms with Crippen LogP contribution in [0.5, 0.6) is 0 Å². The minimum atomic E-state index is -3.52. The summed E-state index contributed by atoms with van der Waals surface area (Å²) in [5.74, 6) is 0. The van der Waals surface area contributed by atoms with E-state index in [2.05, 4.69) is 16.3 Å². The van der Waals surface area contributed by atoms with Gasteiger partial charge in [-0.2, -0.15) is 5.10 Å². The molecule has 1 radical (unpaired) electrons. The molecule has 2 rings (SSSR count). The van der Waals surface area contributed by atoms with Gasteiger partial charge in [-0.05, 0) is 6.07 Å². The van der Waals surface area contributed by atoms with Crippen molar-refractivity contribution in [1.29, 1.82) is 0 Å². The van der Waals surface area contributed by atoms with Gasteiger partial charge in [-0.3, -0.25) is 15.2 Å². The topological polar surface area (TPSA) is 106 Å². The number of non-ortho nitro benzene ring substituents is 1. The minimum absolute atomic E-state index is 0.108. The highest BCUT2D eigenvalue weighted by Gasteiger charge is 2.18. The number of benzene rings is 1. The quantitative estimate of drug-likeness (QED) is 0.613. The van der Waals surface area contributed by atoms with Crippen molar-refractivity contribution in [2.24, 2.45) is 0 Å². The molecule has 0 saturated heterocycles. The Hall–Kier alpha value is -1.96. The molecule has 0 bridgehead atoms. The van der Waals surface area contributed by atoms with Crippen molar-refractivity contribution in [3.63, 3.8) is 0 Å². The fourth-order valence-electron chi connectivity index (χ4n) is 1.29. The standard InChI is InChI=1S/C8H6N3O4S/c1-16(14,15)8-6-4-5(11(12)13)2-3-7(6)9-10-8/h2-3H,1H3,(H,9,10). The van der Waals surface area contributed by atoms with Crippen LogP contribution in [0.2, 0.25) is 0 Å². The number of nitro benzene ring substituents is 1. The lowest BCUT2D eigenvalue weighted by molar-refractivity contribution is -0.385. The van der Waals surface area contributed by atoms with E-state index in [-0.39, 0.29) is 16.1 Å². The first-order valence-corrected chi connectivity index (χ1v) is 6.03. The number of aromatic amines is 1. The fraction of sp³-hybridized carbons (Fsp3) is 0.125. The molecule has 0 aliphatic carbocycles. The van der Waals surface area contributed by atoms with E-state index in [1.807, 2.05) is 0 Å². The molecular formula is C8H6N3O4S. The van der Waals surface area contributed by atoms with Gasteiger partial charge in [0.25, 0.3) is 5.69 Å². The lowest BCUT2D eigenvalue weighted by Crippen LogP contribution is -1.98. The Balaban J connectivity index is 2.80. The smallest absolute Gasteiger partial charge is 0.276 e. The second-order valence-electron chi connectivity index (χ2n) is 3.19. The summed E-state index contributed by atoms with van der Waals surface area (Å²) in [7, 11) is -3.52. The number of hydrogen-bond acceptors (Lipinski definition) is 5. The summed E-state index contributed by atoms with van der Waals surface area (Å²) in [6.07, 6.45) is 0.981. The molecule has 0 saturated carbocycles. The molecule has 8 heteroatoms. The van der Waals surface area contributed by atoms with Gasteiger partial charge < -0.3 is 0 Å². The van der Waals surface area contributed by atoms with Crippen LogP contribution in [0.1, 0.15) is 0 Å². The van der Waals surface area contributed by atoms with Gasteiger partial charge in [0.15, 0.2) is 14.9 Å². The predicted octanol–water partition coefficient (Wildman–Crippen LogP) is 0.675. The normalized spacial score (nSPS) is 11.8. The van der Waals surface area contributed by atoms with E-state index in [9.17, 15) is 18.5 Å². The molecule has 1 aromatic heterocycles. The summed E-state index contributed by atoms with van der Waals surface area (Å²) < 4.78 is 22.6. The molecule has 2 aromatic rings. The van der Waals surface area contributed by atoms with E-state index in [0.717, 1.165) is 6.26 Å². The van der Waals surface area contributed by atoms with Crippen molar-refractivity contribution >= 4 is 26.4 Å². The van der Waals surface area contributed by atoms with E-state index in [1.54, 1.807) is 0 Å². The minimum Gasteiger partial charge on any atom is -0.276 e. The molecule has 0 aliphatic heterocycles. The maximum Gasteiger partial charge on any atom is 0.278 e. The number of fused-ring (bicyclic) bond motifs is 1. The number of nitrogens with zero attached hydrogens (tertiary/aromatic N) is 2. The van der Waals surface area contributed by atoms with Gasteiger partial charge >= 0.3 is 0 Å². The Labute approximate surface area is 90.2 Å². The third-order valence-corrected chi connectivity index (χ3v) is 2.97. The Bertz CT molecular complexity index is 674. The summed E-state index contributed by atoms with van der Waals surface area (Å²) in [6, 6.07) is 5.03. The average Bonchev–Trinajstić information content (AvgIpc) is 2.58. The molecule has 83 valence electrons. The van der Waals surface area contributed by atoms with Crippen molar-refractivity contribution in [3.05, 3.63) is 28.3 Å². The lowest BCUT2D eigenvalue weighted by atomic mass is 10.2. The van der Waals surface area contributed by atoms with E-state index < -0.39 is 14.8 Å². The molecule has 1 aromatic carbocycles. The van der Waals surface area contributed by atoms with Gasteiger partial charge in [0, 0.05) is 12.3 Å². The zero-order valence-electron chi connectivity index (χ0n) is 8.09. The first kappa shape index (κ1) is 10.6. The Morgan fingerprint density at radius 1 is 1.50 bits per heavy atom. The van der Waals surface area contributed by atoms with E-state index in [1.165, 1.54) is 12.1 Å². The van der Waals surface area contributed by atoms with Gasteiger partial charge in [-0.25, -0.2) is 8.42 Å². The number of nitro groups is 1. The van der Waals surface area contributed by atoms with Gasteiger partial charge in [0.1, 0.15) is 0 Å².